The van der Waals surface area contributed by atoms with Crippen LogP contribution in [0.25, 0.3) is 0 Å². The summed E-state index contributed by atoms with van der Waals surface area (Å²) in [6, 6.07) is 5.58. The summed E-state index contributed by atoms with van der Waals surface area (Å²) in [5, 5.41) is 12.2. The number of nitrogens with zero attached hydrogens (tertiary/aromatic N) is 1. The van der Waals surface area contributed by atoms with Gasteiger partial charge >= 0.3 is 5.97 Å². The number of carboxylic acids is 1. The SMILES string of the molecule is Cc1cc(C)cc(NC(=O)C(C)N2CCC(C)(C(=O)O)C2)c1. The molecule has 1 fully saturated rings. The lowest BCUT2D eigenvalue weighted by atomic mass is 9.90. The molecule has 0 radical (unpaired) electrons. The van der Waals surface area contributed by atoms with Gasteiger partial charge in [0, 0.05) is 18.8 Å². The van der Waals surface area contributed by atoms with Crippen molar-refractivity contribution in [3.8, 4) is 0 Å². The van der Waals surface area contributed by atoms with Crippen molar-refractivity contribution in [1.29, 1.82) is 0 Å². The van der Waals surface area contributed by atoms with Crippen LogP contribution in [0, 0.1) is 19.3 Å². The van der Waals surface area contributed by atoms with E-state index in [4.69, 9.17) is 0 Å². The van der Waals surface area contributed by atoms with Crippen molar-refractivity contribution in [1.82, 2.24) is 4.90 Å². The van der Waals surface area contributed by atoms with Crippen LogP contribution in [0.5, 0.6) is 0 Å². The Hall–Kier alpha value is -1.88. The normalized spacial score (nSPS) is 23.3. The molecule has 1 aromatic carbocycles. The third-order valence-corrected chi connectivity index (χ3v) is 4.44. The predicted molar refractivity (Wildman–Crippen MR) is 85.9 cm³/mol. The zero-order valence-corrected chi connectivity index (χ0v) is 13.6. The average molecular weight is 304 g/mol. The number of benzene rings is 1. The van der Waals surface area contributed by atoms with E-state index in [2.05, 4.69) is 11.4 Å². The summed E-state index contributed by atoms with van der Waals surface area (Å²) in [5.74, 6) is -0.892. The molecule has 2 N–H and O–H groups in total. The highest BCUT2D eigenvalue weighted by Crippen LogP contribution is 2.31. The summed E-state index contributed by atoms with van der Waals surface area (Å²) in [7, 11) is 0. The number of carbonyl (C=O) groups is 2. The largest absolute Gasteiger partial charge is 0.481 e. The number of anilines is 1. The fraction of sp³-hybridized carbons (Fsp3) is 0.529. The number of carboxylic acid groups (broad SMARTS) is 1. The van der Waals surface area contributed by atoms with Gasteiger partial charge in [-0.2, -0.15) is 0 Å². The van der Waals surface area contributed by atoms with Gasteiger partial charge < -0.3 is 10.4 Å². The van der Waals surface area contributed by atoms with Crippen molar-refractivity contribution < 1.29 is 14.7 Å². The molecule has 2 atom stereocenters. The minimum Gasteiger partial charge on any atom is -0.481 e. The molecule has 5 nitrogen and oxygen atoms in total. The molecular weight excluding hydrogens is 280 g/mol. The maximum atomic E-state index is 12.4. The van der Waals surface area contributed by atoms with Gasteiger partial charge in [0.1, 0.15) is 0 Å². The number of aliphatic carboxylic acids is 1. The van der Waals surface area contributed by atoms with Gasteiger partial charge in [-0.05, 0) is 57.4 Å². The lowest BCUT2D eigenvalue weighted by molar-refractivity contribution is -0.147. The highest BCUT2D eigenvalue weighted by Gasteiger charge is 2.42. The van der Waals surface area contributed by atoms with Crippen LogP contribution in [-0.2, 0) is 9.59 Å². The monoisotopic (exact) mass is 304 g/mol. The summed E-state index contributed by atoms with van der Waals surface area (Å²) in [4.78, 5) is 25.6. The molecule has 1 aliphatic rings. The van der Waals surface area contributed by atoms with Crippen LogP contribution in [-0.4, -0.2) is 41.0 Å². The molecule has 22 heavy (non-hydrogen) atoms. The lowest BCUT2D eigenvalue weighted by Crippen LogP contribution is -2.42. The predicted octanol–water partition coefficient (Wildman–Crippen LogP) is 2.43. The quantitative estimate of drug-likeness (QED) is 0.896. The third kappa shape index (κ3) is 3.47. The summed E-state index contributed by atoms with van der Waals surface area (Å²) < 4.78 is 0. The van der Waals surface area contributed by atoms with Crippen molar-refractivity contribution >= 4 is 17.6 Å². The number of hydrogen-bond donors (Lipinski definition) is 2. The molecule has 2 unspecified atom stereocenters. The van der Waals surface area contributed by atoms with E-state index >= 15 is 0 Å². The van der Waals surface area contributed by atoms with Crippen LogP contribution in [0.1, 0.15) is 31.4 Å². The second kappa shape index (κ2) is 6.08. The summed E-state index contributed by atoms with van der Waals surface area (Å²) in [5.41, 5.74) is 2.23. The molecular formula is C17H24N2O3. The van der Waals surface area contributed by atoms with Gasteiger partial charge in [0.05, 0.1) is 11.5 Å². The van der Waals surface area contributed by atoms with E-state index in [1.54, 1.807) is 6.92 Å². The minimum absolute atomic E-state index is 0.0976. The number of aryl methyl sites for hydroxylation is 2. The van der Waals surface area contributed by atoms with E-state index in [1.807, 2.05) is 37.8 Å². The molecule has 120 valence electrons. The van der Waals surface area contributed by atoms with Crippen LogP contribution >= 0.6 is 0 Å². The van der Waals surface area contributed by atoms with E-state index in [9.17, 15) is 14.7 Å². The van der Waals surface area contributed by atoms with Crippen molar-refractivity contribution in [3.05, 3.63) is 29.3 Å². The van der Waals surface area contributed by atoms with Gasteiger partial charge in [0.15, 0.2) is 0 Å². The third-order valence-electron chi connectivity index (χ3n) is 4.44. The molecule has 0 spiro atoms. The van der Waals surface area contributed by atoms with Crippen LogP contribution in [0.3, 0.4) is 0 Å². The van der Waals surface area contributed by atoms with E-state index < -0.39 is 11.4 Å². The van der Waals surface area contributed by atoms with Crippen molar-refractivity contribution in [3.63, 3.8) is 0 Å². The fourth-order valence-electron chi connectivity index (χ4n) is 2.96. The molecule has 0 aromatic heterocycles. The topological polar surface area (TPSA) is 69.6 Å². The van der Waals surface area contributed by atoms with Gasteiger partial charge in [-0.15, -0.1) is 0 Å². The lowest BCUT2D eigenvalue weighted by Gasteiger charge is -2.25. The molecule has 5 heteroatoms. The molecule has 0 bridgehead atoms. The van der Waals surface area contributed by atoms with Crippen LogP contribution in [0.15, 0.2) is 18.2 Å². The Morgan fingerprint density at radius 3 is 2.36 bits per heavy atom. The molecule has 1 aliphatic heterocycles. The summed E-state index contributed by atoms with van der Waals surface area (Å²) in [6.07, 6.45) is 0.573. The Labute approximate surface area is 131 Å². The number of likely N-dealkylation sites (tertiary alicyclic amines) is 1. The average Bonchev–Trinajstić information content (AvgIpc) is 2.80. The number of amides is 1. The van der Waals surface area contributed by atoms with Gasteiger partial charge in [-0.25, -0.2) is 0 Å². The van der Waals surface area contributed by atoms with Crippen LogP contribution in [0.4, 0.5) is 5.69 Å². The Bertz CT molecular complexity index is 579. The number of hydrogen-bond acceptors (Lipinski definition) is 3. The van der Waals surface area contributed by atoms with E-state index in [0.717, 1.165) is 16.8 Å². The maximum Gasteiger partial charge on any atom is 0.310 e. The van der Waals surface area contributed by atoms with Gasteiger partial charge in [-0.3, -0.25) is 14.5 Å². The molecule has 0 aliphatic carbocycles. The zero-order chi connectivity index (χ0) is 16.5. The van der Waals surface area contributed by atoms with Crippen LogP contribution < -0.4 is 5.32 Å². The molecule has 1 heterocycles. The first-order chi connectivity index (χ1) is 10.2. The highest BCUT2D eigenvalue weighted by atomic mass is 16.4. The van der Waals surface area contributed by atoms with Crippen molar-refractivity contribution in [2.45, 2.75) is 40.2 Å². The molecule has 1 saturated heterocycles. The second-order valence-corrected chi connectivity index (χ2v) is 6.63. The Balaban J connectivity index is 2.02. The van der Waals surface area contributed by atoms with Crippen molar-refractivity contribution in [2.24, 2.45) is 5.41 Å². The Kier molecular flexibility index (Phi) is 4.56. The van der Waals surface area contributed by atoms with Crippen molar-refractivity contribution in [2.75, 3.05) is 18.4 Å². The van der Waals surface area contributed by atoms with E-state index in [1.165, 1.54) is 0 Å². The fourth-order valence-corrected chi connectivity index (χ4v) is 2.96. The molecule has 0 saturated carbocycles. The van der Waals surface area contributed by atoms with Gasteiger partial charge in [0.2, 0.25) is 5.91 Å². The van der Waals surface area contributed by atoms with E-state index in [-0.39, 0.29) is 11.9 Å². The van der Waals surface area contributed by atoms with E-state index in [0.29, 0.717) is 19.5 Å². The van der Waals surface area contributed by atoms with Gasteiger partial charge in [-0.1, -0.05) is 6.07 Å². The summed E-state index contributed by atoms with van der Waals surface area (Å²) >= 11 is 0. The van der Waals surface area contributed by atoms with Gasteiger partial charge in [0.25, 0.3) is 0 Å². The second-order valence-electron chi connectivity index (χ2n) is 6.63. The Morgan fingerprint density at radius 1 is 1.27 bits per heavy atom. The molecule has 1 aromatic rings. The maximum absolute atomic E-state index is 12.4. The smallest absolute Gasteiger partial charge is 0.310 e. The molecule has 2 rings (SSSR count). The number of nitrogens with one attached hydrogen (secondary N) is 1. The minimum atomic E-state index is -0.795. The zero-order valence-electron chi connectivity index (χ0n) is 13.6. The first kappa shape index (κ1) is 16.5. The highest BCUT2D eigenvalue weighted by molar-refractivity contribution is 5.94. The first-order valence-electron chi connectivity index (χ1n) is 7.58. The first-order valence-corrected chi connectivity index (χ1v) is 7.58. The Morgan fingerprint density at radius 2 is 1.86 bits per heavy atom. The number of carbonyl (C=O) groups excluding carboxylic acids is 1. The number of rotatable bonds is 4. The van der Waals surface area contributed by atoms with Crippen LogP contribution in [0.2, 0.25) is 0 Å². The standard InChI is InChI=1S/C17H24N2O3/c1-11-7-12(2)9-14(8-11)18-15(20)13(3)19-6-5-17(4,10-19)16(21)22/h7-9,13H,5-6,10H2,1-4H3,(H,18,20)(H,21,22). The summed E-state index contributed by atoms with van der Waals surface area (Å²) in [6.45, 7) is 8.58. The molecule has 1 amide bonds.